The van der Waals surface area contributed by atoms with Crippen LogP contribution in [0.5, 0.6) is 0 Å². The average Bonchev–Trinajstić information content (AvgIpc) is 2.11. The highest BCUT2D eigenvalue weighted by atomic mass is 35.5. The normalized spacial score (nSPS) is 14.2. The van der Waals surface area contributed by atoms with E-state index in [9.17, 15) is 0 Å². The molecule has 0 radical (unpaired) electrons. The molecule has 0 heterocycles. The maximum atomic E-state index is 5.74. The first-order chi connectivity index (χ1) is 6.97. The van der Waals surface area contributed by atoms with Crippen molar-refractivity contribution in [2.75, 3.05) is 19.0 Å². The zero-order valence-electron chi connectivity index (χ0n) is 11.1. The third-order valence-corrected chi connectivity index (χ3v) is 3.06. The SMILES string of the molecule is CC(C)CN(CCC(C)CCCl)C(C)C. The summed E-state index contributed by atoms with van der Waals surface area (Å²) < 4.78 is 0. The molecule has 0 bridgehead atoms. The molecular weight excluding hydrogens is 206 g/mol. The van der Waals surface area contributed by atoms with Crippen molar-refractivity contribution >= 4 is 11.6 Å². The van der Waals surface area contributed by atoms with Gasteiger partial charge in [0.2, 0.25) is 0 Å². The van der Waals surface area contributed by atoms with E-state index < -0.39 is 0 Å². The van der Waals surface area contributed by atoms with Crippen LogP contribution in [0.2, 0.25) is 0 Å². The molecule has 0 spiro atoms. The molecule has 15 heavy (non-hydrogen) atoms. The summed E-state index contributed by atoms with van der Waals surface area (Å²) >= 11 is 5.74. The van der Waals surface area contributed by atoms with Crippen LogP contribution in [-0.4, -0.2) is 29.9 Å². The maximum absolute atomic E-state index is 5.74. The quantitative estimate of drug-likeness (QED) is 0.573. The van der Waals surface area contributed by atoms with E-state index in [0.29, 0.717) is 6.04 Å². The van der Waals surface area contributed by atoms with Gasteiger partial charge < -0.3 is 4.90 Å². The Morgan fingerprint density at radius 2 is 1.60 bits per heavy atom. The molecular formula is C13H28ClN. The van der Waals surface area contributed by atoms with Gasteiger partial charge in [-0.25, -0.2) is 0 Å². The second-order valence-corrected chi connectivity index (χ2v) is 5.73. The summed E-state index contributed by atoms with van der Waals surface area (Å²) in [6, 6.07) is 0.663. The minimum Gasteiger partial charge on any atom is -0.301 e. The fraction of sp³-hybridized carbons (Fsp3) is 1.00. The number of halogens is 1. The van der Waals surface area contributed by atoms with E-state index in [-0.39, 0.29) is 0 Å². The Morgan fingerprint density at radius 1 is 1.00 bits per heavy atom. The Hall–Kier alpha value is 0.250. The van der Waals surface area contributed by atoms with Gasteiger partial charge in [-0.15, -0.1) is 11.6 Å². The van der Waals surface area contributed by atoms with E-state index in [1.165, 1.54) is 19.5 Å². The minimum absolute atomic E-state index is 0.663. The molecule has 0 aliphatic heterocycles. The second kappa shape index (κ2) is 8.41. The zero-order valence-corrected chi connectivity index (χ0v) is 11.8. The van der Waals surface area contributed by atoms with Crippen molar-refractivity contribution in [2.45, 2.75) is 53.5 Å². The molecule has 0 amide bonds. The lowest BCUT2D eigenvalue weighted by molar-refractivity contribution is 0.185. The zero-order chi connectivity index (χ0) is 11.8. The summed E-state index contributed by atoms with van der Waals surface area (Å²) in [5.41, 5.74) is 0. The average molecular weight is 234 g/mol. The van der Waals surface area contributed by atoms with E-state index in [1.807, 2.05) is 0 Å². The van der Waals surface area contributed by atoms with Gasteiger partial charge in [0.1, 0.15) is 0 Å². The van der Waals surface area contributed by atoms with E-state index in [2.05, 4.69) is 39.5 Å². The number of hydrogen-bond donors (Lipinski definition) is 0. The Morgan fingerprint density at radius 3 is 2.00 bits per heavy atom. The van der Waals surface area contributed by atoms with Crippen LogP contribution in [0.4, 0.5) is 0 Å². The van der Waals surface area contributed by atoms with Crippen LogP contribution in [0.15, 0.2) is 0 Å². The third-order valence-electron chi connectivity index (χ3n) is 2.84. The standard InChI is InChI=1S/C13H28ClN/c1-11(2)10-15(12(3)4)9-7-13(5)6-8-14/h11-13H,6-10H2,1-5H3. The first-order valence-corrected chi connectivity index (χ1v) is 6.80. The van der Waals surface area contributed by atoms with E-state index in [1.54, 1.807) is 0 Å². The predicted octanol–water partition coefficient (Wildman–Crippen LogP) is 4.01. The van der Waals surface area contributed by atoms with Crippen molar-refractivity contribution in [1.82, 2.24) is 4.90 Å². The fourth-order valence-corrected chi connectivity index (χ4v) is 2.12. The fourth-order valence-electron chi connectivity index (χ4n) is 1.75. The first kappa shape index (κ1) is 15.2. The Labute approximate surface area is 101 Å². The monoisotopic (exact) mass is 233 g/mol. The second-order valence-electron chi connectivity index (χ2n) is 5.35. The Bertz CT molecular complexity index is 145. The van der Waals surface area contributed by atoms with Crippen molar-refractivity contribution in [1.29, 1.82) is 0 Å². The molecule has 2 heteroatoms. The van der Waals surface area contributed by atoms with Crippen molar-refractivity contribution in [2.24, 2.45) is 11.8 Å². The Balaban J connectivity index is 3.85. The summed E-state index contributed by atoms with van der Waals surface area (Å²) in [6.45, 7) is 13.9. The molecule has 0 rings (SSSR count). The van der Waals surface area contributed by atoms with Crippen LogP contribution >= 0.6 is 11.6 Å². The lowest BCUT2D eigenvalue weighted by Crippen LogP contribution is -2.35. The number of alkyl halides is 1. The molecule has 0 aliphatic rings. The van der Waals surface area contributed by atoms with Gasteiger partial charge in [0.25, 0.3) is 0 Å². The van der Waals surface area contributed by atoms with Crippen LogP contribution in [0.1, 0.15) is 47.5 Å². The molecule has 0 fully saturated rings. The smallest absolute Gasteiger partial charge is 0.0225 e. The predicted molar refractivity (Wildman–Crippen MR) is 70.7 cm³/mol. The molecule has 0 aromatic rings. The first-order valence-electron chi connectivity index (χ1n) is 6.27. The van der Waals surface area contributed by atoms with Gasteiger partial charge in [-0.3, -0.25) is 0 Å². The van der Waals surface area contributed by atoms with Gasteiger partial charge >= 0.3 is 0 Å². The minimum atomic E-state index is 0.663. The molecule has 0 saturated carbocycles. The highest BCUT2D eigenvalue weighted by Crippen LogP contribution is 2.12. The molecule has 1 unspecified atom stereocenters. The highest BCUT2D eigenvalue weighted by molar-refractivity contribution is 6.17. The summed E-state index contributed by atoms with van der Waals surface area (Å²) in [5.74, 6) is 2.32. The van der Waals surface area contributed by atoms with Gasteiger partial charge in [0.15, 0.2) is 0 Å². The molecule has 0 saturated heterocycles. The van der Waals surface area contributed by atoms with Crippen LogP contribution in [0.3, 0.4) is 0 Å². The topological polar surface area (TPSA) is 3.24 Å². The molecule has 92 valence electrons. The molecule has 1 nitrogen and oxygen atoms in total. The van der Waals surface area contributed by atoms with E-state index >= 15 is 0 Å². The summed E-state index contributed by atoms with van der Waals surface area (Å²) in [7, 11) is 0. The molecule has 0 N–H and O–H groups in total. The van der Waals surface area contributed by atoms with Gasteiger partial charge in [0, 0.05) is 18.5 Å². The van der Waals surface area contributed by atoms with Gasteiger partial charge in [-0.05, 0) is 45.1 Å². The molecule has 0 aromatic carbocycles. The third kappa shape index (κ3) is 8.10. The number of hydrogen-bond acceptors (Lipinski definition) is 1. The molecule has 1 atom stereocenters. The number of nitrogens with zero attached hydrogens (tertiary/aromatic N) is 1. The van der Waals surface area contributed by atoms with Gasteiger partial charge in [0.05, 0.1) is 0 Å². The summed E-state index contributed by atoms with van der Waals surface area (Å²) in [4.78, 5) is 2.58. The summed E-state index contributed by atoms with van der Waals surface area (Å²) in [5, 5.41) is 0. The highest BCUT2D eigenvalue weighted by Gasteiger charge is 2.12. The number of rotatable bonds is 8. The van der Waals surface area contributed by atoms with Crippen LogP contribution < -0.4 is 0 Å². The van der Waals surface area contributed by atoms with Crippen molar-refractivity contribution in [3.05, 3.63) is 0 Å². The largest absolute Gasteiger partial charge is 0.301 e. The van der Waals surface area contributed by atoms with Crippen LogP contribution in [-0.2, 0) is 0 Å². The lowest BCUT2D eigenvalue weighted by Gasteiger charge is -2.29. The summed E-state index contributed by atoms with van der Waals surface area (Å²) in [6.07, 6.45) is 2.42. The van der Waals surface area contributed by atoms with Crippen LogP contribution in [0, 0.1) is 11.8 Å². The van der Waals surface area contributed by atoms with Crippen molar-refractivity contribution in [3.8, 4) is 0 Å². The van der Waals surface area contributed by atoms with Crippen molar-refractivity contribution in [3.63, 3.8) is 0 Å². The van der Waals surface area contributed by atoms with Crippen LogP contribution in [0.25, 0.3) is 0 Å². The van der Waals surface area contributed by atoms with Gasteiger partial charge in [-0.2, -0.15) is 0 Å². The molecule has 0 aliphatic carbocycles. The van der Waals surface area contributed by atoms with Crippen molar-refractivity contribution < 1.29 is 0 Å². The lowest BCUT2D eigenvalue weighted by atomic mass is 10.0. The van der Waals surface area contributed by atoms with E-state index in [0.717, 1.165) is 24.1 Å². The molecule has 0 aromatic heterocycles. The Kier molecular flexibility index (Phi) is 8.55. The van der Waals surface area contributed by atoms with E-state index in [4.69, 9.17) is 11.6 Å². The maximum Gasteiger partial charge on any atom is 0.0225 e. The van der Waals surface area contributed by atoms with Gasteiger partial charge in [-0.1, -0.05) is 20.8 Å².